The molecule has 2 heterocycles. The lowest BCUT2D eigenvalue weighted by molar-refractivity contribution is -0.0884. The Balaban J connectivity index is 0.00000220. The number of nitrogen functional groups attached to an aromatic ring is 1. The number of alkyl halides is 3. The predicted molar refractivity (Wildman–Crippen MR) is 75.1 cm³/mol. The van der Waals surface area contributed by atoms with Crippen molar-refractivity contribution in [3.63, 3.8) is 0 Å². The Kier molecular flexibility index (Phi) is 5.71. The van der Waals surface area contributed by atoms with Crippen LogP contribution in [0.25, 0.3) is 0 Å². The van der Waals surface area contributed by atoms with Crippen LogP contribution in [0.2, 0.25) is 0 Å². The SMILES string of the molecule is C.Nc1nc(CC2CCCNC2)ccc1C(=O)C(F)(F)F. The van der Waals surface area contributed by atoms with Crippen molar-refractivity contribution in [2.45, 2.75) is 32.9 Å². The van der Waals surface area contributed by atoms with Crippen molar-refractivity contribution in [3.8, 4) is 0 Å². The minimum absolute atomic E-state index is 0. The van der Waals surface area contributed by atoms with Crippen LogP contribution in [0.3, 0.4) is 0 Å². The van der Waals surface area contributed by atoms with E-state index in [2.05, 4.69) is 10.3 Å². The number of carbonyl (C=O) groups is 1. The largest absolute Gasteiger partial charge is 0.455 e. The van der Waals surface area contributed by atoms with Crippen LogP contribution in [0.4, 0.5) is 19.0 Å². The first-order valence-electron chi connectivity index (χ1n) is 6.45. The van der Waals surface area contributed by atoms with Crippen LogP contribution in [0.1, 0.15) is 36.3 Å². The summed E-state index contributed by atoms with van der Waals surface area (Å²) in [5.41, 5.74) is 5.52. The number of nitrogens with two attached hydrogens (primary N) is 1. The van der Waals surface area contributed by atoms with Crippen LogP contribution in [0, 0.1) is 5.92 Å². The molecule has 1 aliphatic rings. The maximum atomic E-state index is 12.3. The highest BCUT2D eigenvalue weighted by atomic mass is 19.4. The molecule has 1 aliphatic heterocycles. The van der Waals surface area contributed by atoms with Crippen molar-refractivity contribution in [3.05, 3.63) is 23.4 Å². The second-order valence-electron chi connectivity index (χ2n) is 4.98. The highest BCUT2D eigenvalue weighted by molar-refractivity contribution is 6.03. The molecule has 1 unspecified atom stereocenters. The van der Waals surface area contributed by atoms with Gasteiger partial charge in [0.15, 0.2) is 0 Å². The van der Waals surface area contributed by atoms with Gasteiger partial charge in [-0.15, -0.1) is 0 Å². The van der Waals surface area contributed by atoms with E-state index in [1.54, 1.807) is 0 Å². The zero-order valence-corrected chi connectivity index (χ0v) is 10.8. The van der Waals surface area contributed by atoms with E-state index in [-0.39, 0.29) is 13.2 Å². The van der Waals surface area contributed by atoms with Gasteiger partial charge in [0, 0.05) is 5.69 Å². The monoisotopic (exact) mass is 303 g/mol. The number of halogens is 3. The number of ketones is 1. The third-order valence-corrected chi connectivity index (χ3v) is 3.38. The van der Waals surface area contributed by atoms with Crippen molar-refractivity contribution in [2.24, 2.45) is 5.92 Å². The molecule has 2 rings (SSSR count). The van der Waals surface area contributed by atoms with Crippen molar-refractivity contribution in [2.75, 3.05) is 18.8 Å². The summed E-state index contributed by atoms with van der Waals surface area (Å²) in [5, 5.41) is 3.26. The second-order valence-corrected chi connectivity index (χ2v) is 4.98. The normalized spacial score (nSPS) is 18.9. The minimum Gasteiger partial charge on any atom is -0.383 e. The molecule has 21 heavy (non-hydrogen) atoms. The van der Waals surface area contributed by atoms with E-state index < -0.39 is 17.5 Å². The maximum Gasteiger partial charge on any atom is 0.455 e. The molecular formula is C14H20F3N3O. The van der Waals surface area contributed by atoms with Crippen LogP contribution < -0.4 is 11.1 Å². The number of piperidine rings is 1. The van der Waals surface area contributed by atoms with E-state index in [4.69, 9.17) is 5.73 Å². The van der Waals surface area contributed by atoms with Crippen molar-refractivity contribution >= 4 is 11.6 Å². The molecule has 0 saturated carbocycles. The molecule has 0 amide bonds. The van der Waals surface area contributed by atoms with E-state index in [0.29, 0.717) is 18.0 Å². The van der Waals surface area contributed by atoms with Crippen LogP contribution in [0.15, 0.2) is 12.1 Å². The van der Waals surface area contributed by atoms with Crippen LogP contribution >= 0.6 is 0 Å². The van der Waals surface area contributed by atoms with E-state index in [9.17, 15) is 18.0 Å². The number of pyridine rings is 1. The topological polar surface area (TPSA) is 68.0 Å². The average Bonchev–Trinajstić information content (AvgIpc) is 2.38. The van der Waals surface area contributed by atoms with E-state index in [1.807, 2.05) is 0 Å². The Morgan fingerprint density at radius 2 is 2.14 bits per heavy atom. The maximum absolute atomic E-state index is 12.3. The first kappa shape index (κ1) is 17.4. The number of anilines is 1. The second kappa shape index (κ2) is 6.89. The zero-order chi connectivity index (χ0) is 14.8. The summed E-state index contributed by atoms with van der Waals surface area (Å²) in [6.07, 6.45) is -2.15. The van der Waals surface area contributed by atoms with Crippen LogP contribution in [-0.2, 0) is 6.42 Å². The standard InChI is InChI=1S/C13H16F3N3O.CH4/c14-13(15,16)11(20)10-4-3-9(19-12(10)17)6-8-2-1-5-18-7-8;/h3-4,8,18H,1-2,5-7H2,(H2,17,19);1H4. The summed E-state index contributed by atoms with van der Waals surface area (Å²) in [5.74, 6) is -1.90. The van der Waals surface area contributed by atoms with E-state index in [1.165, 1.54) is 6.07 Å². The van der Waals surface area contributed by atoms with Gasteiger partial charge in [0.05, 0.1) is 5.56 Å². The number of aromatic nitrogens is 1. The van der Waals surface area contributed by atoms with Crippen LogP contribution in [-0.4, -0.2) is 30.0 Å². The van der Waals surface area contributed by atoms with E-state index in [0.717, 1.165) is 32.0 Å². The van der Waals surface area contributed by atoms with Gasteiger partial charge in [-0.25, -0.2) is 4.98 Å². The number of hydrogen-bond acceptors (Lipinski definition) is 4. The smallest absolute Gasteiger partial charge is 0.383 e. The molecule has 7 heteroatoms. The zero-order valence-electron chi connectivity index (χ0n) is 10.8. The van der Waals surface area contributed by atoms with Crippen molar-refractivity contribution in [1.82, 2.24) is 10.3 Å². The molecule has 0 aliphatic carbocycles. The Hall–Kier alpha value is -1.63. The molecule has 1 saturated heterocycles. The summed E-state index contributed by atoms with van der Waals surface area (Å²) in [4.78, 5) is 15.1. The Morgan fingerprint density at radius 1 is 1.43 bits per heavy atom. The van der Waals surface area contributed by atoms with Gasteiger partial charge >= 0.3 is 6.18 Å². The minimum atomic E-state index is -4.93. The summed E-state index contributed by atoms with van der Waals surface area (Å²) in [6.45, 7) is 1.86. The molecule has 1 fully saturated rings. The van der Waals surface area contributed by atoms with Crippen molar-refractivity contribution in [1.29, 1.82) is 0 Å². The summed E-state index contributed by atoms with van der Waals surface area (Å²) in [7, 11) is 0. The van der Waals surface area contributed by atoms with Crippen molar-refractivity contribution < 1.29 is 18.0 Å². The molecular weight excluding hydrogens is 283 g/mol. The molecule has 1 aromatic heterocycles. The third kappa shape index (κ3) is 4.42. The summed E-state index contributed by atoms with van der Waals surface area (Å²) in [6, 6.07) is 2.56. The molecule has 0 aromatic carbocycles. The molecule has 4 nitrogen and oxygen atoms in total. The lowest BCUT2D eigenvalue weighted by atomic mass is 9.94. The Labute approximate surface area is 121 Å². The van der Waals surface area contributed by atoms with Gasteiger partial charge in [-0.3, -0.25) is 4.79 Å². The highest BCUT2D eigenvalue weighted by Crippen LogP contribution is 2.25. The fraction of sp³-hybridized carbons (Fsp3) is 0.571. The van der Waals surface area contributed by atoms with Gasteiger partial charge < -0.3 is 11.1 Å². The van der Waals surface area contributed by atoms with Gasteiger partial charge in [0.2, 0.25) is 0 Å². The summed E-state index contributed by atoms with van der Waals surface area (Å²) >= 11 is 0. The Morgan fingerprint density at radius 3 is 2.67 bits per heavy atom. The lowest BCUT2D eigenvalue weighted by Crippen LogP contribution is -2.31. The number of carbonyl (C=O) groups excluding carboxylic acids is 1. The summed E-state index contributed by atoms with van der Waals surface area (Å²) < 4.78 is 37.0. The molecule has 118 valence electrons. The molecule has 0 spiro atoms. The van der Waals surface area contributed by atoms with Gasteiger partial charge in [-0.2, -0.15) is 13.2 Å². The number of nitrogens with zero attached hydrogens (tertiary/aromatic N) is 1. The fourth-order valence-corrected chi connectivity index (χ4v) is 2.37. The lowest BCUT2D eigenvalue weighted by Gasteiger charge is -2.22. The molecule has 0 radical (unpaired) electrons. The van der Waals surface area contributed by atoms with Gasteiger partial charge in [-0.1, -0.05) is 7.43 Å². The molecule has 1 atom stereocenters. The number of Topliss-reactive ketones (excluding diaryl/α,β-unsaturated/α-hetero) is 1. The quantitative estimate of drug-likeness (QED) is 0.842. The number of rotatable bonds is 3. The van der Waals surface area contributed by atoms with E-state index >= 15 is 0 Å². The number of hydrogen-bond donors (Lipinski definition) is 2. The first-order chi connectivity index (χ1) is 9.38. The van der Waals surface area contributed by atoms with Gasteiger partial charge in [0.25, 0.3) is 5.78 Å². The Bertz CT molecular complexity index is 497. The predicted octanol–water partition coefficient (Wildman–Crippen LogP) is 2.59. The first-order valence-corrected chi connectivity index (χ1v) is 6.45. The third-order valence-electron chi connectivity index (χ3n) is 3.38. The van der Waals surface area contributed by atoms with Gasteiger partial charge in [-0.05, 0) is 50.4 Å². The molecule has 0 bridgehead atoms. The van der Waals surface area contributed by atoms with Gasteiger partial charge in [0.1, 0.15) is 5.82 Å². The number of nitrogens with one attached hydrogen (secondary N) is 1. The fourth-order valence-electron chi connectivity index (χ4n) is 2.37. The average molecular weight is 303 g/mol. The molecule has 3 N–H and O–H groups in total. The molecule has 1 aromatic rings. The highest BCUT2D eigenvalue weighted by Gasteiger charge is 2.40. The van der Waals surface area contributed by atoms with Crippen LogP contribution in [0.5, 0.6) is 0 Å².